The number of halogens is 1. The summed E-state index contributed by atoms with van der Waals surface area (Å²) in [7, 11) is 0. The molecule has 2 aromatic rings. The Labute approximate surface area is 99.3 Å². The van der Waals surface area contributed by atoms with Gasteiger partial charge in [-0.1, -0.05) is 23.7 Å². The van der Waals surface area contributed by atoms with Gasteiger partial charge in [0.05, 0.1) is 0 Å². The lowest BCUT2D eigenvalue weighted by atomic mass is 10.2. The molecular formula is C12H12ClN3. The molecule has 82 valence electrons. The summed E-state index contributed by atoms with van der Waals surface area (Å²) in [4.78, 5) is 4.18. The quantitative estimate of drug-likeness (QED) is 0.857. The average Bonchev–Trinajstić information content (AvgIpc) is 2.31. The molecule has 16 heavy (non-hydrogen) atoms. The van der Waals surface area contributed by atoms with Crippen LogP contribution in [0.1, 0.15) is 5.56 Å². The first kappa shape index (κ1) is 10.9. The van der Waals surface area contributed by atoms with Crippen molar-refractivity contribution in [3.8, 4) is 0 Å². The first-order valence-corrected chi connectivity index (χ1v) is 5.34. The van der Waals surface area contributed by atoms with Gasteiger partial charge in [0.15, 0.2) is 0 Å². The van der Waals surface area contributed by atoms with Crippen LogP contribution in [0.25, 0.3) is 0 Å². The lowest BCUT2D eigenvalue weighted by molar-refractivity contribution is 1.07. The van der Waals surface area contributed by atoms with E-state index in [4.69, 9.17) is 17.3 Å². The van der Waals surface area contributed by atoms with Gasteiger partial charge >= 0.3 is 0 Å². The topological polar surface area (TPSA) is 50.9 Å². The molecule has 1 aromatic heterocycles. The van der Waals surface area contributed by atoms with Gasteiger partial charge in [-0.25, -0.2) is 4.98 Å². The molecule has 0 unspecified atom stereocenters. The molecule has 1 heterocycles. The third-order valence-corrected chi connectivity index (χ3v) is 2.45. The molecule has 3 N–H and O–H groups in total. The SMILES string of the molecule is NCc1ccc(Cl)cc1Nc1ccccn1. The Morgan fingerprint density at radius 3 is 2.81 bits per heavy atom. The molecule has 0 spiro atoms. The van der Waals surface area contributed by atoms with Gasteiger partial charge in [-0.3, -0.25) is 0 Å². The van der Waals surface area contributed by atoms with E-state index in [0.29, 0.717) is 11.6 Å². The molecule has 0 fully saturated rings. The molecule has 3 nitrogen and oxygen atoms in total. The second kappa shape index (κ2) is 4.96. The lowest BCUT2D eigenvalue weighted by Gasteiger charge is -2.10. The molecule has 2 rings (SSSR count). The minimum atomic E-state index is 0.465. The molecule has 4 heteroatoms. The smallest absolute Gasteiger partial charge is 0.130 e. The molecule has 0 aliphatic carbocycles. The molecule has 0 aliphatic heterocycles. The Kier molecular flexibility index (Phi) is 3.39. The van der Waals surface area contributed by atoms with Crippen LogP contribution in [0.4, 0.5) is 11.5 Å². The van der Waals surface area contributed by atoms with E-state index in [-0.39, 0.29) is 0 Å². The predicted octanol–water partition coefficient (Wildman–Crippen LogP) is 2.94. The Morgan fingerprint density at radius 2 is 2.12 bits per heavy atom. The van der Waals surface area contributed by atoms with Crippen molar-refractivity contribution in [3.05, 3.63) is 53.2 Å². The molecule has 0 aliphatic rings. The fraction of sp³-hybridized carbons (Fsp3) is 0.0833. The van der Waals surface area contributed by atoms with Crippen LogP contribution in [0.2, 0.25) is 5.02 Å². The summed E-state index contributed by atoms with van der Waals surface area (Å²) in [5, 5.41) is 3.87. The van der Waals surface area contributed by atoms with Gasteiger partial charge in [-0.15, -0.1) is 0 Å². The van der Waals surface area contributed by atoms with E-state index >= 15 is 0 Å². The van der Waals surface area contributed by atoms with Crippen LogP contribution in [0.15, 0.2) is 42.6 Å². The second-order valence-corrected chi connectivity index (χ2v) is 3.78. The van der Waals surface area contributed by atoms with Gasteiger partial charge in [0.1, 0.15) is 5.82 Å². The molecule has 0 amide bonds. The monoisotopic (exact) mass is 233 g/mol. The second-order valence-electron chi connectivity index (χ2n) is 3.35. The van der Waals surface area contributed by atoms with E-state index in [1.807, 2.05) is 36.4 Å². The number of anilines is 2. The highest BCUT2D eigenvalue weighted by Crippen LogP contribution is 2.23. The molecular weight excluding hydrogens is 222 g/mol. The zero-order valence-corrected chi connectivity index (χ0v) is 9.41. The average molecular weight is 234 g/mol. The Balaban J connectivity index is 2.30. The molecule has 0 saturated heterocycles. The van der Waals surface area contributed by atoms with Crippen LogP contribution >= 0.6 is 11.6 Å². The van der Waals surface area contributed by atoms with Crippen LogP contribution in [-0.4, -0.2) is 4.98 Å². The van der Waals surface area contributed by atoms with Gasteiger partial charge < -0.3 is 11.1 Å². The summed E-state index contributed by atoms with van der Waals surface area (Å²) >= 11 is 5.94. The van der Waals surface area contributed by atoms with Crippen molar-refractivity contribution in [1.82, 2.24) is 4.98 Å². The molecule has 0 saturated carbocycles. The Hall–Kier alpha value is -1.58. The van der Waals surface area contributed by atoms with Crippen LogP contribution in [-0.2, 0) is 6.54 Å². The van der Waals surface area contributed by atoms with Crippen molar-refractivity contribution >= 4 is 23.1 Å². The van der Waals surface area contributed by atoms with Gasteiger partial charge in [0.25, 0.3) is 0 Å². The minimum absolute atomic E-state index is 0.465. The summed E-state index contributed by atoms with van der Waals surface area (Å²) < 4.78 is 0. The third-order valence-electron chi connectivity index (χ3n) is 2.22. The normalized spacial score (nSPS) is 10.1. The van der Waals surface area contributed by atoms with Crippen molar-refractivity contribution in [2.45, 2.75) is 6.54 Å². The van der Waals surface area contributed by atoms with Gasteiger partial charge in [-0.05, 0) is 29.8 Å². The zero-order valence-electron chi connectivity index (χ0n) is 8.65. The van der Waals surface area contributed by atoms with Crippen LogP contribution < -0.4 is 11.1 Å². The number of hydrogen-bond acceptors (Lipinski definition) is 3. The number of rotatable bonds is 3. The number of nitrogens with two attached hydrogens (primary N) is 1. The first-order valence-electron chi connectivity index (χ1n) is 4.96. The maximum Gasteiger partial charge on any atom is 0.130 e. The van der Waals surface area contributed by atoms with Crippen molar-refractivity contribution in [3.63, 3.8) is 0 Å². The van der Waals surface area contributed by atoms with Crippen LogP contribution in [0.5, 0.6) is 0 Å². The summed E-state index contributed by atoms with van der Waals surface area (Å²) in [6.07, 6.45) is 1.73. The third kappa shape index (κ3) is 2.51. The summed E-state index contributed by atoms with van der Waals surface area (Å²) in [5.41, 5.74) is 7.56. The summed E-state index contributed by atoms with van der Waals surface area (Å²) in [6.45, 7) is 0.465. The Bertz CT molecular complexity index is 471. The highest BCUT2D eigenvalue weighted by atomic mass is 35.5. The van der Waals surface area contributed by atoms with E-state index in [0.717, 1.165) is 17.1 Å². The summed E-state index contributed by atoms with van der Waals surface area (Å²) in [6, 6.07) is 11.3. The fourth-order valence-corrected chi connectivity index (χ4v) is 1.59. The molecule has 0 radical (unpaired) electrons. The number of nitrogens with zero attached hydrogens (tertiary/aromatic N) is 1. The standard InChI is InChI=1S/C12H12ClN3/c13-10-5-4-9(8-14)11(7-10)16-12-3-1-2-6-15-12/h1-7H,8,14H2,(H,15,16). The van der Waals surface area contributed by atoms with E-state index in [2.05, 4.69) is 10.3 Å². The number of benzene rings is 1. The van der Waals surface area contributed by atoms with Gasteiger partial charge in [0.2, 0.25) is 0 Å². The largest absolute Gasteiger partial charge is 0.340 e. The first-order chi connectivity index (χ1) is 7.79. The van der Waals surface area contributed by atoms with Gasteiger partial charge in [0, 0.05) is 23.5 Å². The highest BCUT2D eigenvalue weighted by molar-refractivity contribution is 6.30. The van der Waals surface area contributed by atoms with E-state index in [1.54, 1.807) is 6.20 Å². The van der Waals surface area contributed by atoms with Crippen molar-refractivity contribution < 1.29 is 0 Å². The van der Waals surface area contributed by atoms with E-state index < -0.39 is 0 Å². The number of aromatic nitrogens is 1. The van der Waals surface area contributed by atoms with Crippen molar-refractivity contribution in [2.24, 2.45) is 5.73 Å². The van der Waals surface area contributed by atoms with E-state index in [1.165, 1.54) is 0 Å². The fourth-order valence-electron chi connectivity index (χ4n) is 1.42. The van der Waals surface area contributed by atoms with Gasteiger partial charge in [-0.2, -0.15) is 0 Å². The maximum atomic E-state index is 5.94. The van der Waals surface area contributed by atoms with Crippen molar-refractivity contribution in [1.29, 1.82) is 0 Å². The van der Waals surface area contributed by atoms with Crippen molar-refractivity contribution in [2.75, 3.05) is 5.32 Å². The molecule has 1 aromatic carbocycles. The van der Waals surface area contributed by atoms with Crippen LogP contribution in [0, 0.1) is 0 Å². The minimum Gasteiger partial charge on any atom is -0.340 e. The number of nitrogens with one attached hydrogen (secondary N) is 1. The predicted molar refractivity (Wildman–Crippen MR) is 66.9 cm³/mol. The van der Waals surface area contributed by atoms with E-state index in [9.17, 15) is 0 Å². The molecule has 0 bridgehead atoms. The van der Waals surface area contributed by atoms with Crippen LogP contribution in [0.3, 0.4) is 0 Å². The number of pyridine rings is 1. The molecule has 0 atom stereocenters. The number of hydrogen-bond donors (Lipinski definition) is 2. The lowest BCUT2D eigenvalue weighted by Crippen LogP contribution is -2.02. The Morgan fingerprint density at radius 1 is 1.25 bits per heavy atom. The highest BCUT2D eigenvalue weighted by Gasteiger charge is 2.02. The zero-order chi connectivity index (χ0) is 11.4. The maximum absolute atomic E-state index is 5.94. The summed E-state index contributed by atoms with van der Waals surface area (Å²) in [5.74, 6) is 0.777.